The minimum absolute atomic E-state index is 0.0300. The standard InChI is InChI=1S/C19H20N2O3/c1-24-16-4-2-3-13(11-16)5-9-18(22)20-15-7-8-17-14(12-15)6-10-19(23)21-17/h2-4,7-8,11-12H,5-6,9-10H2,1H3,(H,20,22)(H,21,23). The third-order valence-electron chi connectivity index (χ3n) is 4.06. The first-order valence-corrected chi connectivity index (χ1v) is 7.99. The number of fused-ring (bicyclic) bond motifs is 1. The molecule has 0 radical (unpaired) electrons. The lowest BCUT2D eigenvalue weighted by molar-refractivity contribution is -0.117. The molecule has 3 rings (SSSR count). The fourth-order valence-electron chi connectivity index (χ4n) is 2.77. The molecule has 1 aliphatic heterocycles. The number of carbonyl (C=O) groups excluding carboxylic acids is 2. The van der Waals surface area contributed by atoms with Gasteiger partial charge < -0.3 is 15.4 Å². The molecule has 0 saturated heterocycles. The second-order valence-corrected chi connectivity index (χ2v) is 5.82. The quantitative estimate of drug-likeness (QED) is 0.888. The van der Waals surface area contributed by atoms with Gasteiger partial charge in [0.25, 0.3) is 0 Å². The van der Waals surface area contributed by atoms with E-state index in [-0.39, 0.29) is 11.8 Å². The summed E-state index contributed by atoms with van der Waals surface area (Å²) in [5, 5.41) is 5.75. The summed E-state index contributed by atoms with van der Waals surface area (Å²) < 4.78 is 5.19. The fraction of sp³-hybridized carbons (Fsp3) is 0.263. The molecular formula is C19H20N2O3. The van der Waals surface area contributed by atoms with Gasteiger partial charge in [0.05, 0.1) is 7.11 Å². The van der Waals surface area contributed by atoms with Gasteiger partial charge in [0.1, 0.15) is 5.75 Å². The van der Waals surface area contributed by atoms with E-state index in [1.807, 2.05) is 42.5 Å². The second-order valence-electron chi connectivity index (χ2n) is 5.82. The summed E-state index contributed by atoms with van der Waals surface area (Å²) in [6.45, 7) is 0. The number of hydrogen-bond acceptors (Lipinski definition) is 3. The Hall–Kier alpha value is -2.82. The van der Waals surface area contributed by atoms with Crippen molar-refractivity contribution in [1.82, 2.24) is 0 Å². The van der Waals surface area contributed by atoms with Gasteiger partial charge in [-0.3, -0.25) is 9.59 Å². The van der Waals surface area contributed by atoms with Gasteiger partial charge in [0.2, 0.25) is 11.8 Å². The molecule has 0 spiro atoms. The Bertz CT molecular complexity index is 771. The van der Waals surface area contributed by atoms with E-state index in [9.17, 15) is 9.59 Å². The van der Waals surface area contributed by atoms with E-state index in [2.05, 4.69) is 10.6 Å². The number of anilines is 2. The SMILES string of the molecule is COc1cccc(CCC(=O)Nc2ccc3c(c2)CCC(=O)N3)c1. The molecule has 2 amide bonds. The van der Waals surface area contributed by atoms with Gasteiger partial charge in [-0.15, -0.1) is 0 Å². The van der Waals surface area contributed by atoms with Crippen LogP contribution in [0.2, 0.25) is 0 Å². The monoisotopic (exact) mass is 324 g/mol. The normalized spacial score (nSPS) is 13.0. The van der Waals surface area contributed by atoms with E-state index < -0.39 is 0 Å². The molecular weight excluding hydrogens is 304 g/mol. The number of ether oxygens (including phenoxy) is 1. The number of rotatable bonds is 5. The molecule has 0 unspecified atom stereocenters. The molecule has 24 heavy (non-hydrogen) atoms. The molecule has 0 fully saturated rings. The number of methoxy groups -OCH3 is 1. The summed E-state index contributed by atoms with van der Waals surface area (Å²) in [6, 6.07) is 13.3. The zero-order valence-electron chi connectivity index (χ0n) is 13.6. The molecule has 0 bridgehead atoms. The minimum Gasteiger partial charge on any atom is -0.497 e. The maximum absolute atomic E-state index is 12.1. The lowest BCUT2D eigenvalue weighted by Gasteiger charge is -2.17. The molecule has 1 heterocycles. The maximum atomic E-state index is 12.1. The van der Waals surface area contributed by atoms with E-state index in [1.54, 1.807) is 7.11 Å². The predicted octanol–water partition coefficient (Wildman–Crippen LogP) is 3.15. The summed E-state index contributed by atoms with van der Waals surface area (Å²) in [7, 11) is 1.63. The third-order valence-corrected chi connectivity index (χ3v) is 4.06. The molecule has 0 saturated carbocycles. The highest BCUT2D eigenvalue weighted by Crippen LogP contribution is 2.25. The van der Waals surface area contributed by atoms with Crippen molar-refractivity contribution in [2.45, 2.75) is 25.7 Å². The number of aryl methyl sites for hydroxylation is 2. The Balaban J connectivity index is 1.58. The Kier molecular flexibility index (Phi) is 4.79. The van der Waals surface area contributed by atoms with Crippen molar-refractivity contribution in [1.29, 1.82) is 0 Å². The van der Waals surface area contributed by atoms with Crippen molar-refractivity contribution in [3.05, 3.63) is 53.6 Å². The first-order valence-electron chi connectivity index (χ1n) is 7.99. The summed E-state index contributed by atoms with van der Waals surface area (Å²) in [5.74, 6) is 0.805. The topological polar surface area (TPSA) is 67.4 Å². The van der Waals surface area contributed by atoms with Crippen LogP contribution in [-0.2, 0) is 22.4 Å². The van der Waals surface area contributed by atoms with Crippen LogP contribution in [0.3, 0.4) is 0 Å². The molecule has 2 N–H and O–H groups in total. The van der Waals surface area contributed by atoms with Crippen molar-refractivity contribution in [2.24, 2.45) is 0 Å². The molecule has 2 aromatic rings. The van der Waals surface area contributed by atoms with Crippen LogP contribution in [0.15, 0.2) is 42.5 Å². The van der Waals surface area contributed by atoms with E-state index in [1.165, 1.54) is 0 Å². The zero-order valence-corrected chi connectivity index (χ0v) is 13.6. The Labute approximate surface area is 141 Å². The van der Waals surface area contributed by atoms with Crippen LogP contribution in [0.4, 0.5) is 11.4 Å². The molecule has 0 aromatic heterocycles. The van der Waals surface area contributed by atoms with Crippen LogP contribution in [0.5, 0.6) is 5.75 Å². The van der Waals surface area contributed by atoms with Crippen LogP contribution in [-0.4, -0.2) is 18.9 Å². The fourth-order valence-corrected chi connectivity index (χ4v) is 2.77. The highest BCUT2D eigenvalue weighted by atomic mass is 16.5. The Morgan fingerprint density at radius 3 is 2.92 bits per heavy atom. The lowest BCUT2D eigenvalue weighted by atomic mass is 10.0. The predicted molar refractivity (Wildman–Crippen MR) is 93.3 cm³/mol. The van der Waals surface area contributed by atoms with Gasteiger partial charge >= 0.3 is 0 Å². The van der Waals surface area contributed by atoms with Crippen LogP contribution < -0.4 is 15.4 Å². The zero-order chi connectivity index (χ0) is 16.9. The van der Waals surface area contributed by atoms with Crippen molar-refractivity contribution in [3.8, 4) is 5.75 Å². The molecule has 5 nitrogen and oxygen atoms in total. The Morgan fingerprint density at radius 1 is 1.21 bits per heavy atom. The van der Waals surface area contributed by atoms with Crippen molar-refractivity contribution in [3.63, 3.8) is 0 Å². The molecule has 2 aromatic carbocycles. The van der Waals surface area contributed by atoms with Crippen molar-refractivity contribution < 1.29 is 14.3 Å². The van der Waals surface area contributed by atoms with Gasteiger partial charge in [0, 0.05) is 24.2 Å². The summed E-state index contributed by atoms with van der Waals surface area (Å²) >= 11 is 0. The lowest BCUT2D eigenvalue weighted by Crippen LogP contribution is -2.19. The van der Waals surface area contributed by atoms with E-state index in [4.69, 9.17) is 4.74 Å². The van der Waals surface area contributed by atoms with Gasteiger partial charge in [-0.2, -0.15) is 0 Å². The van der Waals surface area contributed by atoms with E-state index in [0.717, 1.165) is 28.3 Å². The smallest absolute Gasteiger partial charge is 0.224 e. The summed E-state index contributed by atoms with van der Waals surface area (Å²) in [4.78, 5) is 23.5. The molecule has 5 heteroatoms. The summed E-state index contributed by atoms with van der Waals surface area (Å²) in [6.07, 6.45) is 2.25. The number of benzene rings is 2. The average Bonchev–Trinajstić information content (AvgIpc) is 2.60. The number of hydrogen-bond donors (Lipinski definition) is 2. The minimum atomic E-state index is -0.0300. The average molecular weight is 324 g/mol. The largest absolute Gasteiger partial charge is 0.497 e. The summed E-state index contributed by atoms with van der Waals surface area (Å²) in [5.41, 5.74) is 3.72. The number of carbonyl (C=O) groups is 2. The van der Waals surface area contributed by atoms with Gasteiger partial charge in [-0.1, -0.05) is 12.1 Å². The van der Waals surface area contributed by atoms with Crippen molar-refractivity contribution >= 4 is 23.2 Å². The van der Waals surface area contributed by atoms with Gasteiger partial charge in [-0.25, -0.2) is 0 Å². The second kappa shape index (κ2) is 7.17. The van der Waals surface area contributed by atoms with Gasteiger partial charge in [0.15, 0.2) is 0 Å². The molecule has 0 atom stereocenters. The van der Waals surface area contributed by atoms with Crippen LogP contribution in [0, 0.1) is 0 Å². The first-order chi connectivity index (χ1) is 11.6. The number of amides is 2. The molecule has 1 aliphatic rings. The highest BCUT2D eigenvalue weighted by Gasteiger charge is 2.15. The van der Waals surface area contributed by atoms with Crippen LogP contribution in [0.25, 0.3) is 0 Å². The molecule has 0 aliphatic carbocycles. The number of nitrogens with one attached hydrogen (secondary N) is 2. The van der Waals surface area contributed by atoms with Crippen LogP contribution >= 0.6 is 0 Å². The highest BCUT2D eigenvalue weighted by molar-refractivity contribution is 5.95. The van der Waals surface area contributed by atoms with E-state index >= 15 is 0 Å². The molecule has 124 valence electrons. The van der Waals surface area contributed by atoms with E-state index in [0.29, 0.717) is 25.7 Å². The third kappa shape index (κ3) is 3.93. The van der Waals surface area contributed by atoms with Gasteiger partial charge in [-0.05, 0) is 54.3 Å². The maximum Gasteiger partial charge on any atom is 0.224 e. The Morgan fingerprint density at radius 2 is 2.08 bits per heavy atom. The van der Waals surface area contributed by atoms with Crippen LogP contribution in [0.1, 0.15) is 24.0 Å². The van der Waals surface area contributed by atoms with Crippen molar-refractivity contribution in [2.75, 3.05) is 17.7 Å². The first kappa shape index (κ1) is 16.1.